The molecule has 0 aromatic heterocycles. The van der Waals surface area contributed by atoms with E-state index < -0.39 is 16.1 Å². The Labute approximate surface area is 126 Å². The summed E-state index contributed by atoms with van der Waals surface area (Å²) in [6, 6.07) is 5.17. The maximum Gasteiger partial charge on any atom is 0.242 e. The summed E-state index contributed by atoms with van der Waals surface area (Å²) in [5.74, 6) is -0.243. The smallest absolute Gasteiger partial charge is 0.242 e. The zero-order valence-electron chi connectivity index (χ0n) is 12.7. The molecule has 1 saturated heterocycles. The largest absolute Gasteiger partial charge is 0.324 e. The first-order valence-electron chi connectivity index (χ1n) is 7.14. The van der Waals surface area contributed by atoms with E-state index in [0.29, 0.717) is 13.0 Å². The lowest BCUT2D eigenvalue weighted by Gasteiger charge is -2.32. The molecular weight excluding hydrogens is 288 g/mol. The third-order valence-electron chi connectivity index (χ3n) is 3.82. The molecule has 0 bridgehead atoms. The predicted octanol–water partition coefficient (Wildman–Crippen LogP) is 2.06. The van der Waals surface area contributed by atoms with Crippen LogP contribution in [0.4, 0.5) is 5.69 Å². The molecule has 1 aromatic carbocycles. The highest BCUT2D eigenvalue weighted by molar-refractivity contribution is 7.88. The number of amides is 1. The van der Waals surface area contributed by atoms with E-state index in [1.165, 1.54) is 4.31 Å². The van der Waals surface area contributed by atoms with Crippen LogP contribution in [0.1, 0.15) is 30.4 Å². The van der Waals surface area contributed by atoms with Crippen molar-refractivity contribution in [1.82, 2.24) is 4.31 Å². The highest BCUT2D eigenvalue weighted by Crippen LogP contribution is 2.22. The summed E-state index contributed by atoms with van der Waals surface area (Å²) in [4.78, 5) is 12.4. The number of nitrogens with one attached hydrogen (secondary N) is 1. The molecule has 1 N–H and O–H groups in total. The Morgan fingerprint density at radius 3 is 2.62 bits per heavy atom. The van der Waals surface area contributed by atoms with E-state index in [1.807, 2.05) is 32.0 Å². The number of rotatable bonds is 3. The van der Waals surface area contributed by atoms with E-state index in [9.17, 15) is 13.2 Å². The third kappa shape index (κ3) is 3.83. The second-order valence-electron chi connectivity index (χ2n) is 5.69. The van der Waals surface area contributed by atoms with Crippen LogP contribution in [0.2, 0.25) is 0 Å². The van der Waals surface area contributed by atoms with Crippen LogP contribution < -0.4 is 5.32 Å². The zero-order chi connectivity index (χ0) is 15.6. The summed E-state index contributed by atoms with van der Waals surface area (Å²) < 4.78 is 24.9. The van der Waals surface area contributed by atoms with Gasteiger partial charge < -0.3 is 5.32 Å². The standard InChI is InChI=1S/C15H22N2O3S/c1-11-7-8-13(12(2)10-11)16-15(18)14-6-4-5-9-17(14)21(3,19)20/h7-8,10,14H,4-6,9H2,1-3H3,(H,16,18). The molecule has 0 saturated carbocycles. The molecule has 6 heteroatoms. The van der Waals surface area contributed by atoms with Gasteiger partial charge in [-0.05, 0) is 38.3 Å². The van der Waals surface area contributed by atoms with E-state index in [1.54, 1.807) is 0 Å². The second-order valence-corrected chi connectivity index (χ2v) is 7.63. The van der Waals surface area contributed by atoms with E-state index in [0.717, 1.165) is 35.9 Å². The van der Waals surface area contributed by atoms with Gasteiger partial charge in [-0.1, -0.05) is 24.1 Å². The molecule has 1 atom stereocenters. The van der Waals surface area contributed by atoms with Gasteiger partial charge in [0.2, 0.25) is 15.9 Å². The lowest BCUT2D eigenvalue weighted by Crippen LogP contribution is -2.49. The van der Waals surface area contributed by atoms with Gasteiger partial charge >= 0.3 is 0 Å². The molecule has 1 aliphatic heterocycles. The van der Waals surface area contributed by atoms with E-state index >= 15 is 0 Å². The average molecular weight is 310 g/mol. The minimum absolute atomic E-state index is 0.243. The van der Waals surface area contributed by atoms with Crippen LogP contribution in [0.25, 0.3) is 0 Å². The minimum Gasteiger partial charge on any atom is -0.324 e. The molecule has 0 spiro atoms. The number of piperidine rings is 1. The van der Waals surface area contributed by atoms with Gasteiger partial charge in [0.1, 0.15) is 6.04 Å². The summed E-state index contributed by atoms with van der Waals surface area (Å²) in [7, 11) is -3.36. The first-order chi connectivity index (χ1) is 9.79. The first kappa shape index (κ1) is 16.0. The van der Waals surface area contributed by atoms with Crippen LogP contribution in [-0.4, -0.2) is 37.5 Å². The fraction of sp³-hybridized carbons (Fsp3) is 0.533. The maximum atomic E-state index is 12.4. The molecule has 5 nitrogen and oxygen atoms in total. The monoisotopic (exact) mass is 310 g/mol. The van der Waals surface area contributed by atoms with Gasteiger partial charge in [0.05, 0.1) is 6.26 Å². The quantitative estimate of drug-likeness (QED) is 0.929. The van der Waals surface area contributed by atoms with Crippen molar-refractivity contribution in [2.75, 3.05) is 18.1 Å². The predicted molar refractivity (Wildman–Crippen MR) is 83.7 cm³/mol. The molecule has 1 aromatic rings. The number of carbonyl (C=O) groups excluding carboxylic acids is 1. The van der Waals surface area contributed by atoms with E-state index in [-0.39, 0.29) is 5.91 Å². The maximum absolute atomic E-state index is 12.4. The van der Waals surface area contributed by atoms with Crippen LogP contribution in [0.3, 0.4) is 0 Å². The lowest BCUT2D eigenvalue weighted by atomic mass is 10.0. The Morgan fingerprint density at radius 2 is 2.00 bits per heavy atom. The fourth-order valence-electron chi connectivity index (χ4n) is 2.73. The number of hydrogen-bond donors (Lipinski definition) is 1. The van der Waals surface area contributed by atoms with E-state index in [2.05, 4.69) is 5.32 Å². The molecule has 0 aliphatic carbocycles. The van der Waals surface area contributed by atoms with Crippen molar-refractivity contribution in [2.24, 2.45) is 0 Å². The lowest BCUT2D eigenvalue weighted by molar-refractivity contribution is -0.120. The van der Waals surface area contributed by atoms with Gasteiger partial charge in [-0.25, -0.2) is 8.42 Å². The van der Waals surface area contributed by atoms with Crippen molar-refractivity contribution >= 4 is 21.6 Å². The normalized spacial score (nSPS) is 20.2. The van der Waals surface area contributed by atoms with Gasteiger partial charge in [-0.2, -0.15) is 4.31 Å². The summed E-state index contributed by atoms with van der Waals surface area (Å²) >= 11 is 0. The Kier molecular flexibility index (Phi) is 4.68. The number of benzene rings is 1. The van der Waals surface area contributed by atoms with Crippen molar-refractivity contribution in [3.63, 3.8) is 0 Å². The fourth-order valence-corrected chi connectivity index (χ4v) is 3.86. The van der Waals surface area contributed by atoms with Gasteiger partial charge in [-0.15, -0.1) is 0 Å². The highest BCUT2D eigenvalue weighted by Gasteiger charge is 2.34. The van der Waals surface area contributed by atoms with Crippen molar-refractivity contribution in [3.8, 4) is 0 Å². The number of hydrogen-bond acceptors (Lipinski definition) is 3. The van der Waals surface area contributed by atoms with Crippen molar-refractivity contribution in [3.05, 3.63) is 29.3 Å². The number of nitrogens with zero attached hydrogens (tertiary/aromatic N) is 1. The number of aryl methyl sites for hydroxylation is 2. The molecule has 116 valence electrons. The molecular formula is C15H22N2O3S. The Bertz CT molecular complexity index is 640. The Balaban J connectivity index is 2.18. The molecule has 0 radical (unpaired) electrons. The van der Waals surface area contributed by atoms with Crippen molar-refractivity contribution < 1.29 is 13.2 Å². The summed E-state index contributed by atoms with van der Waals surface area (Å²) in [6.07, 6.45) is 3.41. The Morgan fingerprint density at radius 1 is 1.29 bits per heavy atom. The number of carbonyl (C=O) groups is 1. The average Bonchev–Trinajstić information content (AvgIpc) is 2.41. The van der Waals surface area contributed by atoms with Gasteiger partial charge in [0.25, 0.3) is 0 Å². The number of anilines is 1. The van der Waals surface area contributed by atoms with Crippen LogP contribution >= 0.6 is 0 Å². The van der Waals surface area contributed by atoms with Gasteiger partial charge in [-0.3, -0.25) is 4.79 Å². The van der Waals surface area contributed by atoms with Crippen molar-refractivity contribution in [2.45, 2.75) is 39.2 Å². The molecule has 2 rings (SSSR count). The third-order valence-corrected chi connectivity index (χ3v) is 5.11. The molecule has 1 unspecified atom stereocenters. The molecule has 1 amide bonds. The molecule has 21 heavy (non-hydrogen) atoms. The molecule has 1 fully saturated rings. The SMILES string of the molecule is Cc1ccc(NC(=O)C2CCCCN2S(C)(=O)=O)c(C)c1. The summed E-state index contributed by atoms with van der Waals surface area (Å²) in [5, 5.41) is 2.86. The van der Waals surface area contributed by atoms with Gasteiger partial charge in [0.15, 0.2) is 0 Å². The second kappa shape index (κ2) is 6.15. The first-order valence-corrected chi connectivity index (χ1v) is 8.99. The van der Waals surface area contributed by atoms with Crippen LogP contribution in [0, 0.1) is 13.8 Å². The van der Waals surface area contributed by atoms with Crippen molar-refractivity contribution in [1.29, 1.82) is 0 Å². The minimum atomic E-state index is -3.36. The Hall–Kier alpha value is -1.40. The van der Waals surface area contributed by atoms with Crippen LogP contribution in [0.15, 0.2) is 18.2 Å². The highest BCUT2D eigenvalue weighted by atomic mass is 32.2. The van der Waals surface area contributed by atoms with E-state index in [4.69, 9.17) is 0 Å². The summed E-state index contributed by atoms with van der Waals surface area (Å²) in [5.41, 5.74) is 2.84. The molecule has 1 heterocycles. The molecule has 1 aliphatic rings. The van der Waals surface area contributed by atoms with Crippen LogP contribution in [0.5, 0.6) is 0 Å². The zero-order valence-corrected chi connectivity index (χ0v) is 13.5. The summed E-state index contributed by atoms with van der Waals surface area (Å²) in [6.45, 7) is 4.34. The topological polar surface area (TPSA) is 66.5 Å². The number of sulfonamides is 1. The van der Waals surface area contributed by atoms with Crippen LogP contribution in [-0.2, 0) is 14.8 Å². The van der Waals surface area contributed by atoms with Gasteiger partial charge in [0, 0.05) is 12.2 Å².